The zero-order valence-corrected chi connectivity index (χ0v) is 21.7. The lowest BCUT2D eigenvalue weighted by molar-refractivity contribution is 0.0869. The van der Waals surface area contributed by atoms with E-state index in [1.54, 1.807) is 12.3 Å². The highest BCUT2D eigenvalue weighted by Crippen LogP contribution is 2.59. The van der Waals surface area contributed by atoms with Gasteiger partial charge in [0.15, 0.2) is 9.84 Å². The van der Waals surface area contributed by atoms with Crippen LogP contribution in [-0.4, -0.2) is 59.5 Å². The number of sulfone groups is 1. The number of amides is 1. The number of carbonyl (C=O) groups is 1. The molecule has 1 aliphatic carbocycles. The van der Waals surface area contributed by atoms with Crippen LogP contribution in [0.5, 0.6) is 0 Å². The van der Waals surface area contributed by atoms with Crippen molar-refractivity contribution in [2.24, 2.45) is 11.8 Å². The van der Waals surface area contributed by atoms with Gasteiger partial charge in [0.25, 0.3) is 11.8 Å². The van der Waals surface area contributed by atoms with Crippen molar-refractivity contribution in [3.05, 3.63) is 72.3 Å². The van der Waals surface area contributed by atoms with E-state index < -0.39 is 33.5 Å². The molecule has 2 fully saturated rings. The van der Waals surface area contributed by atoms with Crippen LogP contribution in [0.2, 0.25) is 0 Å². The summed E-state index contributed by atoms with van der Waals surface area (Å²) in [6, 6.07) is 12.3. The summed E-state index contributed by atoms with van der Waals surface area (Å²) in [4.78, 5) is 32.1. The second kappa shape index (κ2) is 9.30. The minimum Gasteiger partial charge on any atom is -0.356 e. The van der Waals surface area contributed by atoms with Crippen LogP contribution in [0.15, 0.2) is 66.0 Å². The Kier molecular flexibility index (Phi) is 6.01. The minimum absolute atomic E-state index is 0. The minimum atomic E-state index is -3.49. The van der Waals surface area contributed by atoms with Gasteiger partial charge in [-0.1, -0.05) is 6.07 Å². The predicted molar refractivity (Wildman–Crippen MR) is 142 cm³/mol. The molecule has 0 aromatic carbocycles. The van der Waals surface area contributed by atoms with Crippen LogP contribution < -0.4 is 10.2 Å². The number of carbonyl (C=O) groups excluding carboxylic acids is 1. The van der Waals surface area contributed by atoms with Crippen molar-refractivity contribution < 1.29 is 23.4 Å². The molecule has 4 aromatic rings. The quantitative estimate of drug-likeness (QED) is 0.384. The monoisotopic (exact) mass is 552 g/mol. The summed E-state index contributed by atoms with van der Waals surface area (Å²) in [6.45, 7) is 0.946. The number of fused-ring (bicyclic) bond motifs is 2. The number of pyridine rings is 4. The Morgan fingerprint density at radius 2 is 1.92 bits per heavy atom. The number of halogens is 2. The summed E-state index contributed by atoms with van der Waals surface area (Å²) >= 11 is 0. The third-order valence-corrected chi connectivity index (χ3v) is 8.36. The maximum Gasteiger partial charge on any atom is 0.256 e. The highest BCUT2D eigenvalue weighted by molar-refractivity contribution is 7.90. The van der Waals surface area contributed by atoms with Gasteiger partial charge in [-0.05, 0) is 42.8 Å². The molecule has 0 bridgehead atoms. The van der Waals surface area contributed by atoms with E-state index >= 15 is 0 Å². The Hall–Kier alpha value is -4.06. The van der Waals surface area contributed by atoms with E-state index in [2.05, 4.69) is 15.3 Å². The highest BCUT2D eigenvalue weighted by Gasteiger charge is 2.69. The van der Waals surface area contributed by atoms with Crippen LogP contribution in [0.3, 0.4) is 0 Å². The number of nitrogens with zero attached hydrogens (tertiary/aromatic N) is 5. The zero-order valence-electron chi connectivity index (χ0n) is 20.9. The van der Waals surface area contributed by atoms with Gasteiger partial charge in [-0.2, -0.15) is 0 Å². The van der Waals surface area contributed by atoms with Crippen molar-refractivity contribution in [1.82, 2.24) is 25.3 Å². The first-order chi connectivity index (χ1) is 18.6. The SMILES string of the molecule is CS(=O)(=O)c1cncc(C(=O)NCc2cc3nc(-c4cccc(N5CCC6C(C5)C6(F)F)n4)ccc3cn2)c1.[HH]. The normalized spacial score (nSPS) is 19.9. The molecule has 0 spiro atoms. The molecule has 9 nitrogen and oxygen atoms in total. The Morgan fingerprint density at radius 1 is 1.10 bits per heavy atom. The van der Waals surface area contributed by atoms with Gasteiger partial charge < -0.3 is 10.2 Å². The summed E-state index contributed by atoms with van der Waals surface area (Å²) in [5.41, 5.74) is 2.59. The Labute approximate surface area is 224 Å². The number of hydrogen-bond donors (Lipinski definition) is 1. The predicted octanol–water partition coefficient (Wildman–Crippen LogP) is 3.76. The van der Waals surface area contributed by atoms with Gasteiger partial charge in [0.2, 0.25) is 0 Å². The molecule has 12 heteroatoms. The van der Waals surface area contributed by atoms with Crippen LogP contribution >= 0.6 is 0 Å². The summed E-state index contributed by atoms with van der Waals surface area (Å²) < 4.78 is 51.2. The third-order valence-electron chi connectivity index (χ3n) is 7.28. The molecular formula is C27H26F2N6O3S. The lowest BCUT2D eigenvalue weighted by Crippen LogP contribution is -2.32. The van der Waals surface area contributed by atoms with Gasteiger partial charge in [-0.3, -0.25) is 14.8 Å². The Bertz CT molecular complexity index is 1720. The molecule has 1 saturated heterocycles. The molecule has 202 valence electrons. The van der Waals surface area contributed by atoms with E-state index in [4.69, 9.17) is 9.97 Å². The second-order valence-electron chi connectivity index (χ2n) is 9.93. The zero-order chi connectivity index (χ0) is 27.4. The standard InChI is InChI=1S/C27H24F2N6O3S.H2/c1-39(37,38)19-9-17(11-30-14-19)26(36)32-13-18-10-24-16(12-31-18)5-6-23(33-24)22-3-2-4-25(34-22)35-8-7-20-21(15-35)27(20,28)29;/h2-6,9-12,14,20-21H,7-8,13,15H2,1H3,(H,32,36);1H. The molecule has 1 saturated carbocycles. The lowest BCUT2D eigenvalue weighted by Gasteiger charge is -2.26. The second-order valence-corrected chi connectivity index (χ2v) is 11.9. The number of hydrogen-bond acceptors (Lipinski definition) is 8. The average Bonchev–Trinajstić information content (AvgIpc) is 3.50. The fraction of sp³-hybridized carbons (Fsp3) is 0.296. The van der Waals surface area contributed by atoms with Gasteiger partial charge >= 0.3 is 0 Å². The van der Waals surface area contributed by atoms with Gasteiger partial charge in [0, 0.05) is 56.6 Å². The van der Waals surface area contributed by atoms with E-state index in [1.165, 1.54) is 18.5 Å². The van der Waals surface area contributed by atoms with Gasteiger partial charge in [-0.25, -0.2) is 27.2 Å². The summed E-state index contributed by atoms with van der Waals surface area (Å²) in [5.74, 6) is -3.48. The number of aromatic nitrogens is 4. The molecule has 5 heterocycles. The van der Waals surface area contributed by atoms with Crippen molar-refractivity contribution in [3.8, 4) is 11.4 Å². The van der Waals surface area contributed by atoms with E-state index in [-0.39, 0.29) is 18.4 Å². The first kappa shape index (κ1) is 25.2. The number of nitrogens with one attached hydrogen (secondary N) is 1. The molecule has 6 rings (SSSR count). The fourth-order valence-corrected chi connectivity index (χ4v) is 5.59. The lowest BCUT2D eigenvalue weighted by atomic mass is 10.1. The van der Waals surface area contributed by atoms with Crippen LogP contribution in [0.25, 0.3) is 22.3 Å². The number of piperidine rings is 1. The van der Waals surface area contributed by atoms with Crippen molar-refractivity contribution >= 4 is 32.5 Å². The molecule has 4 aromatic heterocycles. The molecule has 1 N–H and O–H groups in total. The smallest absolute Gasteiger partial charge is 0.256 e. The average molecular weight is 553 g/mol. The van der Waals surface area contributed by atoms with Crippen LogP contribution in [0.4, 0.5) is 14.6 Å². The maximum absolute atomic E-state index is 13.8. The van der Waals surface area contributed by atoms with Crippen molar-refractivity contribution in [2.45, 2.75) is 23.8 Å². The fourth-order valence-electron chi connectivity index (χ4n) is 4.99. The maximum atomic E-state index is 13.8. The van der Waals surface area contributed by atoms with E-state index in [1.807, 2.05) is 35.2 Å². The van der Waals surface area contributed by atoms with Gasteiger partial charge in [0.05, 0.1) is 39.6 Å². The van der Waals surface area contributed by atoms with Crippen LogP contribution in [-0.2, 0) is 16.4 Å². The molecule has 1 aliphatic heterocycles. The van der Waals surface area contributed by atoms with Crippen LogP contribution in [0, 0.1) is 11.8 Å². The molecule has 39 heavy (non-hydrogen) atoms. The molecule has 0 radical (unpaired) electrons. The number of anilines is 1. The molecular weight excluding hydrogens is 526 g/mol. The molecule has 1 amide bonds. The summed E-state index contributed by atoms with van der Waals surface area (Å²) in [6.07, 6.45) is 5.66. The van der Waals surface area contributed by atoms with E-state index in [9.17, 15) is 22.0 Å². The molecule has 2 aliphatic rings. The topological polar surface area (TPSA) is 118 Å². The largest absolute Gasteiger partial charge is 0.356 e. The number of rotatable bonds is 6. The molecule has 2 unspecified atom stereocenters. The first-order valence-corrected chi connectivity index (χ1v) is 14.3. The van der Waals surface area contributed by atoms with E-state index in [0.717, 1.165) is 11.6 Å². The third kappa shape index (κ3) is 4.91. The van der Waals surface area contributed by atoms with Crippen molar-refractivity contribution in [3.63, 3.8) is 0 Å². The van der Waals surface area contributed by atoms with Crippen molar-refractivity contribution in [2.75, 3.05) is 24.2 Å². The highest BCUT2D eigenvalue weighted by atomic mass is 32.2. The Morgan fingerprint density at radius 3 is 2.72 bits per heavy atom. The van der Waals surface area contributed by atoms with Crippen molar-refractivity contribution in [1.29, 1.82) is 0 Å². The van der Waals surface area contributed by atoms with E-state index in [0.29, 0.717) is 47.9 Å². The summed E-state index contributed by atoms with van der Waals surface area (Å²) in [7, 11) is -3.49. The van der Waals surface area contributed by atoms with Crippen LogP contribution in [0.1, 0.15) is 23.9 Å². The summed E-state index contributed by atoms with van der Waals surface area (Å²) in [5, 5.41) is 3.53. The first-order valence-electron chi connectivity index (χ1n) is 12.4. The Balaban J connectivity index is 0.00000323. The van der Waals surface area contributed by atoms with Gasteiger partial charge in [0.1, 0.15) is 5.82 Å². The number of alkyl halides is 2. The van der Waals surface area contributed by atoms with Gasteiger partial charge in [-0.15, -0.1) is 0 Å². The molecule has 2 atom stereocenters.